The highest BCUT2D eigenvalue weighted by Crippen LogP contribution is 2.19. The number of carbonyl (C=O) groups is 6. The molecule has 304 valence electrons. The maximum Gasteiger partial charge on any atom is 0.226 e. The van der Waals surface area contributed by atoms with E-state index in [0.29, 0.717) is 58.8 Å². The lowest BCUT2D eigenvalue weighted by Crippen LogP contribution is -2.53. The Morgan fingerprint density at radius 2 is 1.24 bits per heavy atom. The predicted octanol–water partition coefficient (Wildman–Crippen LogP) is -4.40. The van der Waals surface area contributed by atoms with Gasteiger partial charge in [0.2, 0.25) is 35.4 Å². The first-order valence-corrected chi connectivity index (χ1v) is 19.4. The van der Waals surface area contributed by atoms with Gasteiger partial charge < -0.3 is 64.0 Å². The fourth-order valence-electron chi connectivity index (χ4n) is 7.93. The van der Waals surface area contributed by atoms with Gasteiger partial charge in [0.25, 0.3) is 0 Å². The van der Waals surface area contributed by atoms with Crippen LogP contribution in [0.1, 0.15) is 25.8 Å². The van der Waals surface area contributed by atoms with Crippen molar-refractivity contribution in [3.05, 3.63) is 29.8 Å². The first kappa shape index (κ1) is 41.8. The first-order valence-electron chi connectivity index (χ1n) is 19.4. The zero-order valence-electron chi connectivity index (χ0n) is 31.9. The van der Waals surface area contributed by atoms with Crippen LogP contribution in [0.4, 0.5) is 0 Å². The largest absolute Gasteiger partial charge is 0.508 e. The van der Waals surface area contributed by atoms with E-state index in [-0.39, 0.29) is 66.1 Å². The molecule has 4 fully saturated rings. The topological polar surface area (TPSA) is 269 Å². The Kier molecular flexibility index (Phi) is 14.8. The number of nitrogens with one attached hydrogen (secondary N) is 10. The molecule has 0 unspecified atom stereocenters. The molecule has 0 aromatic heterocycles. The van der Waals surface area contributed by atoms with Crippen molar-refractivity contribution in [3.8, 4) is 5.75 Å². The van der Waals surface area contributed by atoms with Crippen LogP contribution in [0, 0.1) is 35.5 Å². The summed E-state index contributed by atoms with van der Waals surface area (Å²) in [6, 6.07) is 4.60. The molecule has 4 aliphatic heterocycles. The molecule has 55 heavy (non-hydrogen) atoms. The molecule has 0 saturated carbocycles. The van der Waals surface area contributed by atoms with E-state index < -0.39 is 53.7 Å². The summed E-state index contributed by atoms with van der Waals surface area (Å²) in [5, 5.41) is 40.5. The predicted molar refractivity (Wildman–Crippen MR) is 203 cm³/mol. The molecular weight excluding hydrogens is 710 g/mol. The van der Waals surface area contributed by atoms with Crippen molar-refractivity contribution in [1.82, 2.24) is 53.2 Å². The van der Waals surface area contributed by atoms with Gasteiger partial charge in [-0.1, -0.05) is 26.0 Å². The third-order valence-electron chi connectivity index (χ3n) is 11.5. The Morgan fingerprint density at radius 3 is 1.82 bits per heavy atom. The van der Waals surface area contributed by atoms with Crippen molar-refractivity contribution < 1.29 is 33.9 Å². The lowest BCUT2D eigenvalue weighted by Gasteiger charge is -2.28. The number of amides is 6. The number of phenolic OH excluding ortho intramolecular Hbond substituents is 1. The van der Waals surface area contributed by atoms with Crippen LogP contribution >= 0.6 is 0 Å². The van der Waals surface area contributed by atoms with Crippen LogP contribution in [-0.4, -0.2) is 137 Å². The number of rotatable bonds is 17. The van der Waals surface area contributed by atoms with Crippen LogP contribution in [0.25, 0.3) is 0 Å². The Morgan fingerprint density at radius 1 is 0.709 bits per heavy atom. The van der Waals surface area contributed by atoms with Gasteiger partial charge in [-0.05, 0) is 37.1 Å². The third-order valence-corrected chi connectivity index (χ3v) is 11.5. The summed E-state index contributed by atoms with van der Waals surface area (Å²) in [5.74, 6) is -4.42. The Bertz CT molecular complexity index is 1530. The molecule has 13 N–H and O–H groups in total. The maximum absolute atomic E-state index is 13.8. The summed E-state index contributed by atoms with van der Waals surface area (Å²) in [5.41, 5.74) is 6.31. The molecule has 0 bridgehead atoms. The fraction of sp³-hybridized carbons (Fsp3) is 0.676. The van der Waals surface area contributed by atoms with Crippen LogP contribution < -0.4 is 58.9 Å². The normalized spacial score (nSPS) is 28.7. The average molecular weight is 770 g/mol. The van der Waals surface area contributed by atoms with E-state index in [1.54, 1.807) is 24.3 Å². The first-order chi connectivity index (χ1) is 26.3. The molecule has 18 nitrogen and oxygen atoms in total. The number of hydrogen-bond donors (Lipinski definition) is 12. The maximum atomic E-state index is 13.8. The molecule has 1 aromatic rings. The molecular formula is C37H59N11O7. The fourth-order valence-corrected chi connectivity index (χ4v) is 7.93. The molecule has 4 saturated heterocycles. The van der Waals surface area contributed by atoms with Gasteiger partial charge >= 0.3 is 0 Å². The van der Waals surface area contributed by atoms with E-state index in [1.807, 2.05) is 20.9 Å². The molecule has 0 spiro atoms. The highest BCUT2D eigenvalue weighted by Gasteiger charge is 2.40. The van der Waals surface area contributed by atoms with Crippen molar-refractivity contribution in [2.75, 3.05) is 66.0 Å². The van der Waals surface area contributed by atoms with Crippen LogP contribution in [0.2, 0.25) is 0 Å². The second-order valence-electron chi connectivity index (χ2n) is 15.6. The van der Waals surface area contributed by atoms with E-state index in [1.165, 1.54) is 0 Å². The summed E-state index contributed by atoms with van der Waals surface area (Å²) in [7, 11) is 1.81. The minimum atomic E-state index is -0.650. The van der Waals surface area contributed by atoms with Crippen molar-refractivity contribution in [1.29, 1.82) is 0 Å². The van der Waals surface area contributed by atoms with Crippen molar-refractivity contribution in [2.45, 2.75) is 56.9 Å². The van der Waals surface area contributed by atoms with Gasteiger partial charge in [-0.15, -0.1) is 0 Å². The average Bonchev–Trinajstić information content (AvgIpc) is 3.98. The van der Waals surface area contributed by atoms with Crippen molar-refractivity contribution >= 4 is 35.4 Å². The second kappa shape index (κ2) is 19.5. The number of aromatic hydroxyl groups is 1. The molecule has 6 amide bonds. The zero-order valence-corrected chi connectivity index (χ0v) is 31.9. The van der Waals surface area contributed by atoms with Gasteiger partial charge in [-0.25, -0.2) is 0 Å². The molecule has 0 aliphatic carbocycles. The van der Waals surface area contributed by atoms with Crippen LogP contribution in [-0.2, 0) is 35.2 Å². The van der Waals surface area contributed by atoms with E-state index in [2.05, 4.69) is 53.2 Å². The van der Waals surface area contributed by atoms with Gasteiger partial charge in [-0.2, -0.15) is 0 Å². The number of carbonyl (C=O) groups excluding carboxylic acids is 6. The van der Waals surface area contributed by atoms with E-state index >= 15 is 0 Å². The molecule has 0 radical (unpaired) electrons. The Hall–Kier alpha value is -4.36. The molecule has 5 rings (SSSR count). The number of likely N-dealkylation sites (N-methyl/N-ethyl adjacent to an activating group) is 1. The monoisotopic (exact) mass is 769 g/mol. The van der Waals surface area contributed by atoms with Crippen LogP contribution in [0.3, 0.4) is 0 Å². The lowest BCUT2D eigenvalue weighted by atomic mass is 9.94. The minimum absolute atomic E-state index is 0.0129. The van der Waals surface area contributed by atoms with Crippen molar-refractivity contribution in [2.24, 2.45) is 41.2 Å². The molecule has 4 aliphatic rings. The summed E-state index contributed by atoms with van der Waals surface area (Å²) in [6.07, 6.45) is 0.290. The molecule has 4 heterocycles. The third kappa shape index (κ3) is 11.1. The highest BCUT2D eigenvalue weighted by atomic mass is 16.3. The number of nitrogens with two attached hydrogens (primary N) is 1. The van der Waals surface area contributed by atoms with Gasteiger partial charge in [0.15, 0.2) is 0 Å². The summed E-state index contributed by atoms with van der Waals surface area (Å²) < 4.78 is 0. The molecule has 10 atom stereocenters. The number of phenols is 1. The quantitative estimate of drug-likeness (QED) is 0.0717. The summed E-state index contributed by atoms with van der Waals surface area (Å²) >= 11 is 0. The van der Waals surface area contributed by atoms with Crippen LogP contribution in [0.15, 0.2) is 24.3 Å². The molecule has 1 aromatic carbocycles. The van der Waals surface area contributed by atoms with Gasteiger partial charge in [0.05, 0.1) is 47.7 Å². The number of hydrogen-bond acceptors (Lipinski definition) is 12. The number of benzene rings is 1. The summed E-state index contributed by atoms with van der Waals surface area (Å²) in [4.78, 5) is 79.0. The number of primary amides is 1. The van der Waals surface area contributed by atoms with E-state index in [4.69, 9.17) is 5.73 Å². The highest BCUT2D eigenvalue weighted by molar-refractivity contribution is 5.86. The Labute approximate surface area is 321 Å². The van der Waals surface area contributed by atoms with Crippen molar-refractivity contribution in [3.63, 3.8) is 0 Å². The van der Waals surface area contributed by atoms with Gasteiger partial charge in [0, 0.05) is 77.4 Å². The SMILES string of the molecule is CN[C@H]1CNC[C@@H]1C(=O)NC[C@H](Cc1ccc(O)cc1)C(=O)N[C@H]1CNC[C@@H]1C(=O)N[C@H](CC(=O)N[C@H]1CNC[C@@H]1C(=O)N[C@H]1CNC[C@@H]1C(N)=O)C(C)C. The van der Waals surface area contributed by atoms with Gasteiger partial charge in [0.1, 0.15) is 5.75 Å². The van der Waals surface area contributed by atoms with E-state index in [9.17, 15) is 33.9 Å². The van der Waals surface area contributed by atoms with Gasteiger partial charge in [-0.3, -0.25) is 28.8 Å². The Balaban J connectivity index is 1.16. The van der Waals surface area contributed by atoms with E-state index in [0.717, 1.165) is 5.56 Å². The van der Waals surface area contributed by atoms with Crippen LogP contribution in [0.5, 0.6) is 5.75 Å². The molecule has 18 heteroatoms. The minimum Gasteiger partial charge on any atom is -0.508 e. The summed E-state index contributed by atoms with van der Waals surface area (Å²) in [6.45, 7) is 7.38. The lowest BCUT2D eigenvalue weighted by molar-refractivity contribution is -0.129. The standard InChI is InChI=1S/C37H59N11O7/c1-19(2)27(9-32(50)45-30-17-42-13-25(30)37(55)48-29-16-40-11-23(29)33(38)51)46-36(54)26-14-43-18-31(26)47-34(52)21(8-20-4-6-22(49)7-5-20)10-44-35(53)24-12-41-15-28(24)39-3/h4-7,19,21,23-31,39-43,49H,8-18H2,1-3H3,(H2,38,51)(H,44,53)(H,45,50)(H,46,54)(H,47,52)(H,48,55)/t21-,23-,24-,25-,26-,27+,28-,29-,30-,31-/m0/s1. The smallest absolute Gasteiger partial charge is 0.226 e. The second-order valence-corrected chi connectivity index (χ2v) is 15.6. The zero-order chi connectivity index (χ0) is 39.6.